The number of halogens is 1. The summed E-state index contributed by atoms with van der Waals surface area (Å²) < 4.78 is 0. The van der Waals surface area contributed by atoms with Crippen molar-refractivity contribution in [3.63, 3.8) is 0 Å². The van der Waals surface area contributed by atoms with Crippen LogP contribution in [0.25, 0.3) is 0 Å². The number of alkyl halides is 1. The standard InChI is InChI=1S/C8H15Cl/c1-6-3-4-8(9)5-7(6)2/h6-8H,3-5H2,1-2H3/t6-,7+,8?/m0/s1. The topological polar surface area (TPSA) is 0 Å². The molecule has 1 rings (SSSR count). The fourth-order valence-corrected chi connectivity index (χ4v) is 1.89. The summed E-state index contributed by atoms with van der Waals surface area (Å²) in [5, 5.41) is 0.469. The van der Waals surface area contributed by atoms with Crippen molar-refractivity contribution >= 4 is 11.6 Å². The van der Waals surface area contributed by atoms with Gasteiger partial charge >= 0.3 is 0 Å². The maximum atomic E-state index is 5.98. The summed E-state index contributed by atoms with van der Waals surface area (Å²) in [5.41, 5.74) is 0. The molecule has 1 aliphatic rings. The van der Waals surface area contributed by atoms with Crippen molar-refractivity contribution in [3.8, 4) is 0 Å². The van der Waals surface area contributed by atoms with Crippen molar-refractivity contribution in [2.24, 2.45) is 11.8 Å². The van der Waals surface area contributed by atoms with E-state index >= 15 is 0 Å². The first kappa shape index (κ1) is 7.40. The zero-order valence-corrected chi connectivity index (χ0v) is 6.99. The van der Waals surface area contributed by atoms with E-state index in [-0.39, 0.29) is 0 Å². The third kappa shape index (κ3) is 1.86. The first-order chi connectivity index (χ1) is 4.20. The van der Waals surface area contributed by atoms with E-state index in [4.69, 9.17) is 11.6 Å². The predicted octanol–water partition coefficient (Wildman–Crippen LogP) is 3.05. The van der Waals surface area contributed by atoms with Crippen LogP contribution in [0.5, 0.6) is 0 Å². The van der Waals surface area contributed by atoms with Gasteiger partial charge < -0.3 is 0 Å². The molecule has 0 nitrogen and oxygen atoms in total. The van der Waals surface area contributed by atoms with Crippen molar-refractivity contribution in [2.75, 3.05) is 0 Å². The van der Waals surface area contributed by atoms with Crippen LogP contribution in [0.1, 0.15) is 33.1 Å². The second-order valence-corrected chi connectivity index (χ2v) is 3.98. The molecule has 1 heteroatoms. The SMILES string of the molecule is C[C@@H]1CC(Cl)CC[C@@H]1C. The summed E-state index contributed by atoms with van der Waals surface area (Å²) in [6, 6.07) is 0. The second kappa shape index (κ2) is 2.92. The van der Waals surface area contributed by atoms with E-state index in [1.165, 1.54) is 19.3 Å². The molecule has 1 aliphatic carbocycles. The van der Waals surface area contributed by atoms with Crippen molar-refractivity contribution in [1.82, 2.24) is 0 Å². The van der Waals surface area contributed by atoms with Gasteiger partial charge in [0.1, 0.15) is 0 Å². The Morgan fingerprint density at radius 2 is 1.78 bits per heavy atom. The van der Waals surface area contributed by atoms with E-state index in [0.717, 1.165) is 11.8 Å². The molecule has 0 saturated heterocycles. The molecule has 0 spiro atoms. The van der Waals surface area contributed by atoms with Gasteiger partial charge in [0.2, 0.25) is 0 Å². The fraction of sp³-hybridized carbons (Fsp3) is 1.00. The molecule has 1 fully saturated rings. The lowest BCUT2D eigenvalue weighted by Gasteiger charge is -2.28. The first-order valence-electron chi connectivity index (χ1n) is 3.84. The van der Waals surface area contributed by atoms with Gasteiger partial charge in [-0.15, -0.1) is 11.6 Å². The molecule has 0 aromatic rings. The highest BCUT2D eigenvalue weighted by Crippen LogP contribution is 2.31. The summed E-state index contributed by atoms with van der Waals surface area (Å²) in [7, 11) is 0. The van der Waals surface area contributed by atoms with Crippen LogP contribution in [0, 0.1) is 11.8 Å². The molecule has 0 amide bonds. The van der Waals surface area contributed by atoms with Gasteiger partial charge in [0.15, 0.2) is 0 Å². The van der Waals surface area contributed by atoms with Crippen LogP contribution in [0.4, 0.5) is 0 Å². The van der Waals surface area contributed by atoms with E-state index in [9.17, 15) is 0 Å². The van der Waals surface area contributed by atoms with E-state index in [2.05, 4.69) is 13.8 Å². The minimum atomic E-state index is 0.469. The highest BCUT2D eigenvalue weighted by atomic mass is 35.5. The molecular weight excluding hydrogens is 132 g/mol. The minimum Gasteiger partial charge on any atom is -0.123 e. The lowest BCUT2D eigenvalue weighted by Crippen LogP contribution is -2.20. The Morgan fingerprint density at radius 1 is 1.11 bits per heavy atom. The third-order valence-corrected chi connectivity index (χ3v) is 2.93. The molecule has 3 atom stereocenters. The fourth-order valence-electron chi connectivity index (χ4n) is 1.48. The maximum absolute atomic E-state index is 5.98. The summed E-state index contributed by atoms with van der Waals surface area (Å²) in [4.78, 5) is 0. The van der Waals surface area contributed by atoms with E-state index < -0.39 is 0 Å². The molecule has 0 aromatic heterocycles. The number of hydrogen-bond acceptors (Lipinski definition) is 0. The Morgan fingerprint density at radius 3 is 2.22 bits per heavy atom. The lowest BCUT2D eigenvalue weighted by molar-refractivity contribution is 0.281. The average Bonchev–Trinajstić information content (AvgIpc) is 1.80. The molecule has 9 heavy (non-hydrogen) atoms. The summed E-state index contributed by atoms with van der Waals surface area (Å²) in [6.45, 7) is 4.63. The molecular formula is C8H15Cl. The van der Waals surface area contributed by atoms with Gasteiger partial charge in [0.05, 0.1) is 0 Å². The van der Waals surface area contributed by atoms with Crippen LogP contribution in [-0.4, -0.2) is 5.38 Å². The summed E-state index contributed by atoms with van der Waals surface area (Å²) in [6.07, 6.45) is 3.78. The van der Waals surface area contributed by atoms with Gasteiger partial charge in [-0.05, 0) is 31.1 Å². The van der Waals surface area contributed by atoms with Crippen LogP contribution in [0.2, 0.25) is 0 Å². The highest BCUT2D eigenvalue weighted by Gasteiger charge is 2.22. The minimum absolute atomic E-state index is 0.469. The molecule has 0 aliphatic heterocycles. The molecule has 0 N–H and O–H groups in total. The molecule has 0 bridgehead atoms. The Kier molecular flexibility index (Phi) is 2.40. The predicted molar refractivity (Wildman–Crippen MR) is 41.8 cm³/mol. The van der Waals surface area contributed by atoms with E-state index in [0.29, 0.717) is 5.38 Å². The van der Waals surface area contributed by atoms with Gasteiger partial charge in [0, 0.05) is 5.38 Å². The summed E-state index contributed by atoms with van der Waals surface area (Å²) in [5.74, 6) is 1.75. The molecule has 0 radical (unpaired) electrons. The van der Waals surface area contributed by atoms with Gasteiger partial charge in [-0.2, -0.15) is 0 Å². The van der Waals surface area contributed by atoms with Crippen LogP contribution in [0.3, 0.4) is 0 Å². The van der Waals surface area contributed by atoms with Crippen molar-refractivity contribution < 1.29 is 0 Å². The summed E-state index contributed by atoms with van der Waals surface area (Å²) >= 11 is 5.98. The Labute approximate surface area is 62.6 Å². The largest absolute Gasteiger partial charge is 0.123 e. The van der Waals surface area contributed by atoms with Crippen molar-refractivity contribution in [3.05, 3.63) is 0 Å². The quantitative estimate of drug-likeness (QED) is 0.461. The normalized spacial score (nSPS) is 45.0. The number of hydrogen-bond donors (Lipinski definition) is 0. The van der Waals surface area contributed by atoms with E-state index in [1.54, 1.807) is 0 Å². The van der Waals surface area contributed by atoms with Crippen LogP contribution >= 0.6 is 11.6 Å². The van der Waals surface area contributed by atoms with Crippen LogP contribution in [-0.2, 0) is 0 Å². The average molecular weight is 147 g/mol. The van der Waals surface area contributed by atoms with Crippen LogP contribution in [0.15, 0.2) is 0 Å². The smallest absolute Gasteiger partial charge is 0.0338 e. The monoisotopic (exact) mass is 146 g/mol. The molecule has 54 valence electrons. The lowest BCUT2D eigenvalue weighted by atomic mass is 9.82. The Hall–Kier alpha value is 0.290. The van der Waals surface area contributed by atoms with Crippen molar-refractivity contribution in [1.29, 1.82) is 0 Å². The number of rotatable bonds is 0. The molecule has 0 heterocycles. The highest BCUT2D eigenvalue weighted by molar-refractivity contribution is 6.20. The molecule has 0 aromatic carbocycles. The van der Waals surface area contributed by atoms with Crippen molar-refractivity contribution in [2.45, 2.75) is 38.5 Å². The van der Waals surface area contributed by atoms with Gasteiger partial charge in [-0.3, -0.25) is 0 Å². The zero-order chi connectivity index (χ0) is 6.85. The van der Waals surface area contributed by atoms with Gasteiger partial charge in [0.25, 0.3) is 0 Å². The van der Waals surface area contributed by atoms with E-state index in [1.807, 2.05) is 0 Å². The maximum Gasteiger partial charge on any atom is 0.0338 e. The zero-order valence-electron chi connectivity index (χ0n) is 6.23. The molecule has 1 unspecified atom stereocenters. The Balaban J connectivity index is 2.35. The van der Waals surface area contributed by atoms with Gasteiger partial charge in [-0.25, -0.2) is 0 Å². The first-order valence-corrected chi connectivity index (χ1v) is 4.28. The van der Waals surface area contributed by atoms with Gasteiger partial charge in [-0.1, -0.05) is 13.8 Å². The third-order valence-electron chi connectivity index (χ3n) is 2.53. The Bertz CT molecular complexity index is 90.6. The van der Waals surface area contributed by atoms with Crippen LogP contribution < -0.4 is 0 Å². The second-order valence-electron chi connectivity index (χ2n) is 3.36. The molecule has 1 saturated carbocycles.